The first-order valence-electron chi connectivity index (χ1n) is 11.4. The first-order chi connectivity index (χ1) is 15.2. The fraction of sp³-hybridized carbons (Fsp3) is 0.440. The highest BCUT2D eigenvalue weighted by atomic mass is 16.6. The predicted molar refractivity (Wildman–Crippen MR) is 123 cm³/mol. The lowest BCUT2D eigenvalue weighted by atomic mass is 10.0. The number of hydrogen-bond acceptors (Lipinski definition) is 5. The van der Waals surface area contributed by atoms with Gasteiger partial charge in [0.1, 0.15) is 5.60 Å². The molecule has 2 aromatic rings. The average Bonchev–Trinajstić information content (AvgIpc) is 2.74. The second kappa shape index (κ2) is 10.6. The third-order valence-corrected chi connectivity index (χ3v) is 5.02. The van der Waals surface area contributed by atoms with Crippen LogP contribution in [-0.4, -0.2) is 48.2 Å². The second-order valence-electron chi connectivity index (χ2n) is 8.79. The van der Waals surface area contributed by atoms with Crippen LogP contribution in [0.25, 0.3) is 0 Å². The minimum Gasteiger partial charge on any atom is -0.443 e. The molecule has 1 fully saturated rings. The quantitative estimate of drug-likeness (QED) is 0.753. The molecule has 31 heavy (non-hydrogen) atoms. The molecule has 2 aromatic carbocycles. The van der Waals surface area contributed by atoms with Crippen LogP contribution in [0.3, 0.4) is 0 Å². The van der Waals surface area contributed by atoms with Gasteiger partial charge in [-0.25, -0.2) is 9.69 Å². The Kier molecular flexibility index (Phi) is 7.33. The van der Waals surface area contributed by atoms with Gasteiger partial charge in [-0.3, -0.25) is 9.69 Å². The number of para-hydroxylation sites is 1. The maximum absolute atomic E-state index is 13.0. The van der Waals surface area contributed by atoms with Gasteiger partial charge in [-0.1, -0.05) is 48.5 Å². The maximum atomic E-state index is 13.0. The molecule has 1 N–H and O–H groups in total. The van der Waals surface area contributed by atoms with Gasteiger partial charge in [0.25, 0.3) is 0 Å². The van der Waals surface area contributed by atoms with Crippen LogP contribution in [0.1, 0.15) is 40.5 Å². The number of imide groups is 1. The normalized spacial score (nSPS) is 20.0. The number of piperidine rings is 1. The molecule has 0 spiro atoms. The van der Waals surface area contributed by atoms with Gasteiger partial charge in [0, 0.05) is 14.0 Å². The number of carbonyl (C=O) groups excluding carboxylic acids is 2. The van der Waals surface area contributed by atoms with E-state index in [1.54, 1.807) is 45.0 Å². The minimum absolute atomic E-state index is 0.00418. The number of nitrogens with one attached hydrogen (secondary N) is 1. The van der Waals surface area contributed by atoms with E-state index in [1.165, 1.54) is 5.56 Å². The van der Waals surface area contributed by atoms with E-state index in [4.69, 9.17) is 6.11 Å². The molecule has 0 saturated carbocycles. The van der Waals surface area contributed by atoms with Crippen LogP contribution in [-0.2, 0) is 16.1 Å². The molecule has 1 heterocycles. The van der Waals surface area contributed by atoms with E-state index in [-0.39, 0.29) is 25.0 Å². The van der Waals surface area contributed by atoms with Crippen molar-refractivity contribution in [3.63, 3.8) is 0 Å². The first kappa shape index (κ1) is 21.5. The number of ether oxygens (including phenoxy) is 1. The summed E-state index contributed by atoms with van der Waals surface area (Å²) >= 11 is 0. The summed E-state index contributed by atoms with van der Waals surface area (Å²) in [7, 11) is 0. The standard InChI is InChI=1S/C25H33N3O3/c1-25(2,3)31-24(30)28(22-12-8-5-9-13-22)23(29)18-26-21-14-16-27(17-15-21)19-20-10-6-4-7-11-20/h4-13,21,26H,14-19H2,1-3H3/i16D. The van der Waals surface area contributed by atoms with Crippen molar-refractivity contribution < 1.29 is 15.7 Å². The molecule has 2 amide bonds. The Hall–Kier alpha value is -2.70. The van der Waals surface area contributed by atoms with E-state index in [0.29, 0.717) is 12.1 Å². The Labute approximate surface area is 186 Å². The number of nitrogens with zero attached hydrogens (tertiary/aromatic N) is 2. The molecule has 0 bridgehead atoms. The monoisotopic (exact) mass is 424 g/mol. The fourth-order valence-electron chi connectivity index (χ4n) is 3.50. The van der Waals surface area contributed by atoms with Crippen LogP contribution < -0.4 is 10.2 Å². The number of benzene rings is 2. The fourth-order valence-corrected chi connectivity index (χ4v) is 3.50. The van der Waals surface area contributed by atoms with E-state index in [1.807, 2.05) is 24.3 Å². The van der Waals surface area contributed by atoms with Gasteiger partial charge in [0.05, 0.1) is 12.2 Å². The zero-order valence-electron chi connectivity index (χ0n) is 19.6. The number of likely N-dealkylation sites (tertiary alicyclic amines) is 1. The maximum Gasteiger partial charge on any atom is 0.421 e. The summed E-state index contributed by atoms with van der Waals surface area (Å²) in [5, 5.41) is 3.26. The van der Waals surface area contributed by atoms with Gasteiger partial charge >= 0.3 is 6.09 Å². The number of rotatable bonds is 6. The summed E-state index contributed by atoms with van der Waals surface area (Å²) in [6, 6.07) is 19.0. The Morgan fingerprint density at radius 3 is 2.35 bits per heavy atom. The van der Waals surface area contributed by atoms with E-state index >= 15 is 0 Å². The molecule has 2 unspecified atom stereocenters. The Morgan fingerprint density at radius 2 is 1.74 bits per heavy atom. The third kappa shape index (κ3) is 7.19. The lowest BCUT2D eigenvalue weighted by molar-refractivity contribution is -0.117. The van der Waals surface area contributed by atoms with Crippen LogP contribution in [0.5, 0.6) is 0 Å². The molecule has 0 radical (unpaired) electrons. The summed E-state index contributed by atoms with van der Waals surface area (Å²) in [5.41, 5.74) is 0.966. The third-order valence-electron chi connectivity index (χ3n) is 5.02. The molecule has 0 aliphatic carbocycles. The number of hydrogen-bond donors (Lipinski definition) is 1. The number of anilines is 1. The number of amides is 2. The molecule has 1 saturated heterocycles. The lowest BCUT2D eigenvalue weighted by Crippen LogP contribution is -2.48. The van der Waals surface area contributed by atoms with Crippen LogP contribution in [0, 0.1) is 0 Å². The zero-order valence-corrected chi connectivity index (χ0v) is 18.6. The highest BCUT2D eigenvalue weighted by Crippen LogP contribution is 2.19. The van der Waals surface area contributed by atoms with Crippen molar-refractivity contribution in [1.29, 1.82) is 0 Å². The summed E-state index contributed by atoms with van der Waals surface area (Å²) < 4.78 is 14.0. The second-order valence-corrected chi connectivity index (χ2v) is 8.79. The molecule has 166 valence electrons. The molecular formula is C25H33N3O3. The smallest absolute Gasteiger partial charge is 0.421 e. The Morgan fingerprint density at radius 1 is 1.10 bits per heavy atom. The summed E-state index contributed by atoms with van der Waals surface area (Å²) in [4.78, 5) is 29.0. The van der Waals surface area contributed by atoms with Crippen molar-refractivity contribution in [2.45, 2.75) is 51.8 Å². The van der Waals surface area contributed by atoms with Crippen molar-refractivity contribution in [3.8, 4) is 0 Å². The molecule has 1 aliphatic rings. The van der Waals surface area contributed by atoms with Gasteiger partial charge in [0.15, 0.2) is 0 Å². The largest absolute Gasteiger partial charge is 0.443 e. The summed E-state index contributed by atoms with van der Waals surface area (Å²) in [6.07, 6.45) is 0.775. The van der Waals surface area contributed by atoms with Crippen molar-refractivity contribution in [2.75, 3.05) is 24.5 Å². The average molecular weight is 425 g/mol. The van der Waals surface area contributed by atoms with Crippen molar-refractivity contribution >= 4 is 17.7 Å². The van der Waals surface area contributed by atoms with Crippen LogP contribution in [0.4, 0.5) is 10.5 Å². The topological polar surface area (TPSA) is 61.9 Å². The molecular weight excluding hydrogens is 390 g/mol. The molecule has 2 atom stereocenters. The number of carbonyl (C=O) groups is 2. The Balaban J connectivity index is 1.57. The highest BCUT2D eigenvalue weighted by Gasteiger charge is 2.29. The van der Waals surface area contributed by atoms with E-state index in [9.17, 15) is 9.59 Å². The van der Waals surface area contributed by atoms with Crippen molar-refractivity contribution in [3.05, 3.63) is 66.2 Å². The van der Waals surface area contributed by atoms with Crippen molar-refractivity contribution in [2.24, 2.45) is 0 Å². The van der Waals surface area contributed by atoms with Gasteiger partial charge < -0.3 is 10.1 Å². The van der Waals surface area contributed by atoms with Crippen LogP contribution in [0.15, 0.2) is 60.7 Å². The van der Waals surface area contributed by atoms with E-state index in [0.717, 1.165) is 24.4 Å². The molecule has 0 aromatic heterocycles. The van der Waals surface area contributed by atoms with Gasteiger partial charge in [-0.15, -0.1) is 0 Å². The summed E-state index contributed by atoms with van der Waals surface area (Å²) in [6.45, 7) is 6.51. The minimum atomic E-state index is -0.707. The van der Waals surface area contributed by atoms with E-state index < -0.39 is 11.7 Å². The Bertz CT molecular complexity index is 886. The molecule has 3 rings (SSSR count). The van der Waals surface area contributed by atoms with Crippen LogP contribution in [0.2, 0.25) is 0 Å². The molecule has 6 heteroatoms. The van der Waals surface area contributed by atoms with Gasteiger partial charge in [-0.2, -0.15) is 0 Å². The van der Waals surface area contributed by atoms with Crippen molar-refractivity contribution in [1.82, 2.24) is 10.2 Å². The summed E-state index contributed by atoms with van der Waals surface area (Å²) in [5.74, 6) is -0.376. The molecule has 1 aliphatic heterocycles. The van der Waals surface area contributed by atoms with E-state index in [2.05, 4.69) is 22.3 Å². The van der Waals surface area contributed by atoms with Gasteiger partial charge in [-0.05, 0) is 64.4 Å². The predicted octanol–water partition coefficient (Wildman–Crippen LogP) is 4.21. The first-order valence-corrected chi connectivity index (χ1v) is 10.8. The SMILES string of the molecule is [2H]C1CC(NCC(=O)N(C(=O)OC(C)(C)C)c2ccccc2)CCN1Cc1ccccc1. The lowest BCUT2D eigenvalue weighted by Gasteiger charge is -2.33. The zero-order chi connectivity index (χ0) is 23.1. The van der Waals surface area contributed by atoms with Crippen LogP contribution >= 0.6 is 0 Å². The highest BCUT2D eigenvalue weighted by molar-refractivity contribution is 6.13. The van der Waals surface area contributed by atoms with Gasteiger partial charge in [0.2, 0.25) is 5.91 Å². The molecule has 6 nitrogen and oxygen atoms in total.